The van der Waals surface area contributed by atoms with Gasteiger partial charge < -0.3 is 10.6 Å². The van der Waals surface area contributed by atoms with Crippen molar-refractivity contribution in [3.05, 3.63) is 78.3 Å². The first kappa shape index (κ1) is 19.1. The Balaban J connectivity index is 1.58. The van der Waals surface area contributed by atoms with E-state index >= 15 is 0 Å². The van der Waals surface area contributed by atoms with Crippen LogP contribution in [0.5, 0.6) is 0 Å². The second-order valence-electron chi connectivity index (χ2n) is 7.37. The molecule has 0 aliphatic carbocycles. The number of nitrogens with zero attached hydrogens (tertiary/aromatic N) is 4. The Morgan fingerprint density at radius 3 is 2.79 bits per heavy atom. The van der Waals surface area contributed by atoms with E-state index in [1.54, 1.807) is 18.5 Å². The van der Waals surface area contributed by atoms with Crippen LogP contribution in [0.2, 0.25) is 0 Å². The molecule has 6 heteroatoms. The molecule has 1 aliphatic rings. The standard InChI is InChI=1S/C23H25N5O/c24-13-19-10-12-27(15-19)22(29)9-8-21-17-28(16-18-5-2-1-3-6-18)26-23(21)20-7-4-11-25-14-20/h1-9,11,14,17,19H,10,12-13,15-16,24H2. The lowest BCUT2D eigenvalue weighted by Crippen LogP contribution is -2.28. The number of carbonyl (C=O) groups is 1. The normalized spacial score (nSPS) is 16.6. The number of carbonyl (C=O) groups excluding carboxylic acids is 1. The minimum atomic E-state index is 0.0221. The number of benzene rings is 1. The Bertz CT molecular complexity index is 981. The van der Waals surface area contributed by atoms with E-state index in [-0.39, 0.29) is 5.91 Å². The second-order valence-corrected chi connectivity index (χ2v) is 7.37. The molecule has 0 saturated carbocycles. The van der Waals surface area contributed by atoms with Gasteiger partial charge in [-0.05, 0) is 42.7 Å². The largest absolute Gasteiger partial charge is 0.339 e. The first-order chi connectivity index (χ1) is 14.2. The van der Waals surface area contributed by atoms with Gasteiger partial charge in [-0.25, -0.2) is 0 Å². The first-order valence-electron chi connectivity index (χ1n) is 9.92. The molecule has 1 aromatic carbocycles. The van der Waals surface area contributed by atoms with E-state index < -0.39 is 0 Å². The minimum absolute atomic E-state index is 0.0221. The molecule has 1 saturated heterocycles. The average Bonchev–Trinajstić information content (AvgIpc) is 3.40. The maximum absolute atomic E-state index is 12.6. The van der Waals surface area contributed by atoms with Crippen LogP contribution in [0.1, 0.15) is 17.5 Å². The van der Waals surface area contributed by atoms with Gasteiger partial charge in [-0.1, -0.05) is 30.3 Å². The molecule has 1 aliphatic heterocycles. The highest BCUT2D eigenvalue weighted by atomic mass is 16.2. The average molecular weight is 387 g/mol. The van der Waals surface area contributed by atoms with Gasteiger partial charge in [-0.15, -0.1) is 0 Å². The molecule has 1 amide bonds. The Kier molecular flexibility index (Phi) is 5.81. The van der Waals surface area contributed by atoms with Gasteiger partial charge in [-0.2, -0.15) is 5.10 Å². The van der Waals surface area contributed by atoms with E-state index in [0.29, 0.717) is 19.0 Å². The van der Waals surface area contributed by atoms with Crippen molar-refractivity contribution in [2.45, 2.75) is 13.0 Å². The summed E-state index contributed by atoms with van der Waals surface area (Å²) in [5, 5.41) is 4.76. The fourth-order valence-corrected chi connectivity index (χ4v) is 3.63. The summed E-state index contributed by atoms with van der Waals surface area (Å²) in [7, 11) is 0. The van der Waals surface area contributed by atoms with Crippen LogP contribution in [-0.2, 0) is 11.3 Å². The summed E-state index contributed by atoms with van der Waals surface area (Å²) in [4.78, 5) is 18.7. The summed E-state index contributed by atoms with van der Waals surface area (Å²) < 4.78 is 1.90. The van der Waals surface area contributed by atoms with Crippen molar-refractivity contribution in [2.75, 3.05) is 19.6 Å². The lowest BCUT2D eigenvalue weighted by Gasteiger charge is -2.13. The summed E-state index contributed by atoms with van der Waals surface area (Å²) in [5.41, 5.74) is 9.55. The number of nitrogens with two attached hydrogens (primary N) is 1. The second kappa shape index (κ2) is 8.84. The Morgan fingerprint density at radius 2 is 2.07 bits per heavy atom. The molecule has 6 nitrogen and oxygen atoms in total. The molecule has 3 aromatic rings. The van der Waals surface area contributed by atoms with Crippen LogP contribution in [0.15, 0.2) is 67.1 Å². The van der Waals surface area contributed by atoms with E-state index in [9.17, 15) is 4.79 Å². The quantitative estimate of drug-likeness (QED) is 0.660. The van der Waals surface area contributed by atoms with Crippen molar-refractivity contribution in [2.24, 2.45) is 11.7 Å². The Morgan fingerprint density at radius 1 is 1.21 bits per heavy atom. The SMILES string of the molecule is NCC1CCN(C(=O)C=Cc2cn(Cc3ccccc3)nc2-c2cccnc2)C1. The van der Waals surface area contributed by atoms with Crippen LogP contribution in [0.25, 0.3) is 17.3 Å². The van der Waals surface area contributed by atoms with Crippen LogP contribution >= 0.6 is 0 Å². The number of amides is 1. The molecule has 1 atom stereocenters. The highest BCUT2D eigenvalue weighted by Crippen LogP contribution is 2.23. The van der Waals surface area contributed by atoms with Gasteiger partial charge in [-0.3, -0.25) is 14.5 Å². The van der Waals surface area contributed by atoms with Gasteiger partial charge >= 0.3 is 0 Å². The zero-order valence-electron chi connectivity index (χ0n) is 16.3. The van der Waals surface area contributed by atoms with Gasteiger partial charge in [0.25, 0.3) is 0 Å². The fraction of sp³-hybridized carbons (Fsp3) is 0.261. The molecule has 3 heterocycles. The summed E-state index contributed by atoms with van der Waals surface area (Å²) in [5.74, 6) is 0.431. The van der Waals surface area contributed by atoms with Gasteiger partial charge in [0.2, 0.25) is 5.91 Å². The monoisotopic (exact) mass is 387 g/mol. The van der Waals surface area contributed by atoms with Gasteiger partial charge in [0.05, 0.1) is 6.54 Å². The molecule has 148 valence electrons. The third-order valence-electron chi connectivity index (χ3n) is 5.25. The maximum Gasteiger partial charge on any atom is 0.246 e. The summed E-state index contributed by atoms with van der Waals surface area (Å²) >= 11 is 0. The molecular weight excluding hydrogens is 362 g/mol. The highest BCUT2D eigenvalue weighted by molar-refractivity contribution is 5.93. The number of likely N-dealkylation sites (tertiary alicyclic amines) is 1. The lowest BCUT2D eigenvalue weighted by molar-refractivity contribution is -0.125. The lowest BCUT2D eigenvalue weighted by atomic mass is 10.1. The predicted octanol–water partition coefficient (Wildman–Crippen LogP) is 2.81. The van der Waals surface area contributed by atoms with Crippen LogP contribution in [0.3, 0.4) is 0 Å². The summed E-state index contributed by atoms with van der Waals surface area (Å²) in [6, 6.07) is 14.1. The van der Waals surface area contributed by atoms with Crippen LogP contribution in [0, 0.1) is 5.92 Å². The van der Waals surface area contributed by atoms with Crippen LogP contribution in [-0.4, -0.2) is 45.2 Å². The van der Waals surface area contributed by atoms with Crippen molar-refractivity contribution in [1.82, 2.24) is 19.7 Å². The molecule has 2 N–H and O–H groups in total. The van der Waals surface area contributed by atoms with Crippen molar-refractivity contribution < 1.29 is 4.79 Å². The molecular formula is C23H25N5O. The molecule has 1 unspecified atom stereocenters. The highest BCUT2D eigenvalue weighted by Gasteiger charge is 2.23. The molecule has 4 rings (SSSR count). The summed E-state index contributed by atoms with van der Waals surface area (Å²) in [6.45, 7) is 2.81. The van der Waals surface area contributed by atoms with Gasteiger partial charge in [0, 0.05) is 48.9 Å². The number of hydrogen-bond acceptors (Lipinski definition) is 4. The van der Waals surface area contributed by atoms with Crippen molar-refractivity contribution in [3.63, 3.8) is 0 Å². The Hall–Kier alpha value is -3.25. The third-order valence-corrected chi connectivity index (χ3v) is 5.25. The maximum atomic E-state index is 12.6. The van der Waals surface area contributed by atoms with E-state index in [4.69, 9.17) is 10.8 Å². The van der Waals surface area contributed by atoms with E-state index in [1.165, 1.54) is 5.56 Å². The van der Waals surface area contributed by atoms with Crippen molar-refractivity contribution in [3.8, 4) is 11.3 Å². The minimum Gasteiger partial charge on any atom is -0.339 e. The van der Waals surface area contributed by atoms with Crippen LogP contribution < -0.4 is 5.73 Å². The smallest absolute Gasteiger partial charge is 0.246 e. The number of aromatic nitrogens is 3. The molecule has 29 heavy (non-hydrogen) atoms. The summed E-state index contributed by atoms with van der Waals surface area (Å²) in [6.07, 6.45) is 9.99. The van der Waals surface area contributed by atoms with E-state index in [2.05, 4.69) is 17.1 Å². The molecule has 0 spiro atoms. The van der Waals surface area contributed by atoms with E-state index in [0.717, 1.165) is 36.3 Å². The Labute approximate surface area is 170 Å². The first-order valence-corrected chi connectivity index (χ1v) is 9.92. The topological polar surface area (TPSA) is 77.0 Å². The van der Waals surface area contributed by atoms with Gasteiger partial charge in [0.15, 0.2) is 0 Å². The third kappa shape index (κ3) is 4.60. The zero-order chi connectivity index (χ0) is 20.1. The predicted molar refractivity (Wildman–Crippen MR) is 114 cm³/mol. The van der Waals surface area contributed by atoms with Crippen molar-refractivity contribution in [1.29, 1.82) is 0 Å². The van der Waals surface area contributed by atoms with E-state index in [1.807, 2.05) is 52.2 Å². The molecule has 0 radical (unpaired) electrons. The number of hydrogen-bond donors (Lipinski definition) is 1. The van der Waals surface area contributed by atoms with Crippen molar-refractivity contribution >= 4 is 12.0 Å². The molecule has 1 fully saturated rings. The zero-order valence-corrected chi connectivity index (χ0v) is 16.3. The van der Waals surface area contributed by atoms with Crippen LogP contribution in [0.4, 0.5) is 0 Å². The fourth-order valence-electron chi connectivity index (χ4n) is 3.63. The molecule has 2 aromatic heterocycles. The number of pyridine rings is 1. The number of rotatable bonds is 6. The molecule has 0 bridgehead atoms. The van der Waals surface area contributed by atoms with Gasteiger partial charge in [0.1, 0.15) is 5.69 Å².